The van der Waals surface area contributed by atoms with Gasteiger partial charge in [0.15, 0.2) is 0 Å². The molecule has 0 saturated heterocycles. The number of hydrogen-bond acceptors (Lipinski definition) is 3. The van der Waals surface area contributed by atoms with Crippen LogP contribution in [0.2, 0.25) is 0 Å². The lowest BCUT2D eigenvalue weighted by Crippen LogP contribution is -2.30. The fourth-order valence-electron chi connectivity index (χ4n) is 1.66. The Labute approximate surface area is 129 Å². The second-order valence-electron chi connectivity index (χ2n) is 6.80. The van der Waals surface area contributed by atoms with Gasteiger partial charge in [-0.3, -0.25) is 0 Å². The van der Waals surface area contributed by atoms with E-state index in [1.54, 1.807) is 12.1 Å². The van der Waals surface area contributed by atoms with Crippen molar-refractivity contribution in [3.63, 3.8) is 0 Å². The summed E-state index contributed by atoms with van der Waals surface area (Å²) in [6.07, 6.45) is 0. The van der Waals surface area contributed by atoms with Crippen molar-refractivity contribution in [1.29, 1.82) is 0 Å². The third-order valence-corrected chi connectivity index (χ3v) is 5.54. The van der Waals surface area contributed by atoms with Crippen LogP contribution in [0, 0.1) is 11.3 Å². The molecule has 21 heavy (non-hydrogen) atoms. The molecule has 0 aliphatic carbocycles. The molecule has 0 atom stereocenters. The molecule has 0 aliphatic heterocycles. The van der Waals surface area contributed by atoms with Crippen LogP contribution in [0.1, 0.15) is 41.5 Å². The molecule has 1 aromatic carbocycles. The van der Waals surface area contributed by atoms with Gasteiger partial charge in [0.1, 0.15) is 0 Å². The van der Waals surface area contributed by atoms with Crippen molar-refractivity contribution in [2.75, 3.05) is 11.9 Å². The first-order chi connectivity index (χ1) is 9.54. The van der Waals surface area contributed by atoms with Crippen LogP contribution in [-0.2, 0) is 10.0 Å². The molecular formula is C16H28N2O2S. The van der Waals surface area contributed by atoms with E-state index in [1.807, 2.05) is 26.0 Å². The highest BCUT2D eigenvalue weighted by Gasteiger charge is 2.22. The lowest BCUT2D eigenvalue weighted by molar-refractivity contribution is 0.269. The minimum atomic E-state index is -3.41. The van der Waals surface area contributed by atoms with E-state index in [0.29, 0.717) is 10.8 Å². The lowest BCUT2D eigenvalue weighted by atomic mass is 9.81. The van der Waals surface area contributed by atoms with Crippen LogP contribution in [0.3, 0.4) is 0 Å². The first-order valence-corrected chi connectivity index (χ1v) is 8.89. The van der Waals surface area contributed by atoms with Crippen molar-refractivity contribution in [3.8, 4) is 0 Å². The zero-order chi connectivity index (χ0) is 16.3. The van der Waals surface area contributed by atoms with Gasteiger partial charge >= 0.3 is 0 Å². The van der Waals surface area contributed by atoms with Crippen LogP contribution in [-0.4, -0.2) is 21.0 Å². The van der Waals surface area contributed by atoms with E-state index in [4.69, 9.17) is 0 Å². The van der Waals surface area contributed by atoms with Crippen molar-refractivity contribution < 1.29 is 8.42 Å². The van der Waals surface area contributed by atoms with E-state index in [2.05, 4.69) is 37.7 Å². The second kappa shape index (κ2) is 6.79. The predicted octanol–water partition coefficient (Wildman–Crippen LogP) is 3.47. The van der Waals surface area contributed by atoms with Gasteiger partial charge in [-0.05, 0) is 49.4 Å². The molecule has 0 aliphatic rings. The van der Waals surface area contributed by atoms with E-state index in [0.717, 1.165) is 12.2 Å². The number of nitrogens with one attached hydrogen (secondary N) is 2. The summed E-state index contributed by atoms with van der Waals surface area (Å²) in [5.74, 6) is 0.569. The summed E-state index contributed by atoms with van der Waals surface area (Å²) < 4.78 is 26.6. The SMILES string of the molecule is CC(C)NS(=O)(=O)c1ccc(NCC(C)(C)C(C)C)cc1. The maximum absolute atomic E-state index is 12.0. The summed E-state index contributed by atoms with van der Waals surface area (Å²) in [5, 5.41) is 3.37. The first-order valence-electron chi connectivity index (χ1n) is 7.41. The van der Waals surface area contributed by atoms with Crippen molar-refractivity contribution >= 4 is 15.7 Å². The number of benzene rings is 1. The minimum absolute atomic E-state index is 0.111. The van der Waals surface area contributed by atoms with Gasteiger partial charge in [-0.2, -0.15) is 0 Å². The molecule has 2 N–H and O–H groups in total. The van der Waals surface area contributed by atoms with Crippen LogP contribution in [0.5, 0.6) is 0 Å². The summed E-state index contributed by atoms with van der Waals surface area (Å²) in [5.41, 5.74) is 1.12. The summed E-state index contributed by atoms with van der Waals surface area (Å²) in [4.78, 5) is 0.296. The Morgan fingerprint density at radius 1 is 1.05 bits per heavy atom. The zero-order valence-electron chi connectivity index (χ0n) is 13.9. The van der Waals surface area contributed by atoms with Crippen molar-refractivity contribution in [3.05, 3.63) is 24.3 Å². The molecule has 1 rings (SSSR count). The van der Waals surface area contributed by atoms with E-state index in [9.17, 15) is 8.42 Å². The molecule has 1 aromatic rings. The third kappa shape index (κ3) is 5.32. The lowest BCUT2D eigenvalue weighted by Gasteiger charge is -2.29. The summed E-state index contributed by atoms with van der Waals surface area (Å²) in [6.45, 7) is 13.3. The van der Waals surface area contributed by atoms with Gasteiger partial charge in [0.2, 0.25) is 10.0 Å². The first kappa shape index (κ1) is 18.0. The molecule has 0 heterocycles. The maximum atomic E-state index is 12.0. The average molecular weight is 312 g/mol. The van der Waals surface area contributed by atoms with Gasteiger partial charge in [0.25, 0.3) is 0 Å². The molecule has 0 saturated carbocycles. The minimum Gasteiger partial charge on any atom is -0.384 e. The third-order valence-electron chi connectivity index (χ3n) is 3.87. The summed E-state index contributed by atoms with van der Waals surface area (Å²) in [6, 6.07) is 6.78. The van der Waals surface area contributed by atoms with E-state index < -0.39 is 10.0 Å². The number of sulfonamides is 1. The topological polar surface area (TPSA) is 58.2 Å². The molecule has 0 bridgehead atoms. The molecule has 4 nitrogen and oxygen atoms in total. The smallest absolute Gasteiger partial charge is 0.240 e. The van der Waals surface area contributed by atoms with Crippen LogP contribution >= 0.6 is 0 Å². The monoisotopic (exact) mass is 312 g/mol. The van der Waals surface area contributed by atoms with E-state index >= 15 is 0 Å². The van der Waals surface area contributed by atoms with Gasteiger partial charge in [0.05, 0.1) is 4.90 Å². The van der Waals surface area contributed by atoms with Crippen LogP contribution in [0.4, 0.5) is 5.69 Å². The van der Waals surface area contributed by atoms with Gasteiger partial charge in [-0.15, -0.1) is 0 Å². The average Bonchev–Trinajstić information content (AvgIpc) is 2.35. The molecule has 0 radical (unpaired) electrons. The van der Waals surface area contributed by atoms with Crippen molar-refractivity contribution in [1.82, 2.24) is 4.72 Å². The van der Waals surface area contributed by atoms with Crippen LogP contribution in [0.25, 0.3) is 0 Å². The number of hydrogen-bond donors (Lipinski definition) is 2. The van der Waals surface area contributed by atoms with Gasteiger partial charge in [-0.1, -0.05) is 27.7 Å². The number of rotatable bonds is 7. The fourth-order valence-corrected chi connectivity index (χ4v) is 2.92. The molecule has 5 heteroatoms. The fraction of sp³-hybridized carbons (Fsp3) is 0.625. The Balaban J connectivity index is 2.75. The van der Waals surface area contributed by atoms with Crippen LogP contribution < -0.4 is 10.0 Å². The highest BCUT2D eigenvalue weighted by molar-refractivity contribution is 7.89. The molecule has 0 unspecified atom stereocenters. The summed E-state index contributed by atoms with van der Waals surface area (Å²) in [7, 11) is -3.41. The van der Waals surface area contributed by atoms with E-state index in [-0.39, 0.29) is 11.5 Å². The summed E-state index contributed by atoms with van der Waals surface area (Å²) >= 11 is 0. The second-order valence-corrected chi connectivity index (χ2v) is 8.51. The van der Waals surface area contributed by atoms with Crippen molar-refractivity contribution in [2.24, 2.45) is 11.3 Å². The molecular weight excluding hydrogens is 284 g/mol. The number of anilines is 1. The maximum Gasteiger partial charge on any atom is 0.240 e. The van der Waals surface area contributed by atoms with Gasteiger partial charge in [0, 0.05) is 18.3 Å². The zero-order valence-corrected chi connectivity index (χ0v) is 14.7. The molecule has 0 spiro atoms. The molecule has 120 valence electrons. The Bertz CT molecular complexity index is 546. The predicted molar refractivity (Wildman–Crippen MR) is 89.0 cm³/mol. The highest BCUT2D eigenvalue weighted by Crippen LogP contribution is 2.26. The molecule has 0 aromatic heterocycles. The molecule has 0 amide bonds. The normalized spacial score (nSPS) is 13.0. The largest absolute Gasteiger partial charge is 0.384 e. The Morgan fingerprint density at radius 2 is 1.57 bits per heavy atom. The van der Waals surface area contributed by atoms with Gasteiger partial charge < -0.3 is 5.32 Å². The standard InChI is InChI=1S/C16H28N2O2S/c1-12(2)16(5,6)11-17-14-7-9-15(10-8-14)21(19,20)18-13(3)4/h7-10,12-13,17-18H,11H2,1-6H3. The van der Waals surface area contributed by atoms with Crippen LogP contribution in [0.15, 0.2) is 29.2 Å². The molecule has 0 fully saturated rings. The van der Waals surface area contributed by atoms with Gasteiger partial charge in [-0.25, -0.2) is 13.1 Å². The highest BCUT2D eigenvalue weighted by atomic mass is 32.2. The Kier molecular flexibility index (Phi) is 5.82. The quantitative estimate of drug-likeness (QED) is 0.810. The Morgan fingerprint density at radius 3 is 2.00 bits per heavy atom. The van der Waals surface area contributed by atoms with Crippen molar-refractivity contribution in [2.45, 2.75) is 52.5 Å². The van der Waals surface area contributed by atoms with E-state index in [1.165, 1.54) is 0 Å². The Hall–Kier alpha value is -1.07.